The Morgan fingerprint density at radius 1 is 1.27 bits per heavy atom. The maximum atomic E-state index is 5.95. The summed E-state index contributed by atoms with van der Waals surface area (Å²) in [7, 11) is 0. The summed E-state index contributed by atoms with van der Waals surface area (Å²) in [6.07, 6.45) is 1.99. The number of rotatable bonds is 2. The highest BCUT2D eigenvalue weighted by Crippen LogP contribution is 2.17. The van der Waals surface area contributed by atoms with Crippen molar-refractivity contribution >= 4 is 11.6 Å². The largest absolute Gasteiger partial charge is 0.0833 e. The number of hydrogen-bond acceptors (Lipinski definition) is 0. The number of halogens is 1. The molecule has 0 aliphatic heterocycles. The van der Waals surface area contributed by atoms with Gasteiger partial charge >= 0.3 is 0 Å². The summed E-state index contributed by atoms with van der Waals surface area (Å²) in [5, 5.41) is 0.784. The van der Waals surface area contributed by atoms with E-state index in [-0.39, 0.29) is 0 Å². The molecule has 1 rings (SSSR count). The molecule has 0 N–H and O–H groups in total. The van der Waals surface area contributed by atoms with Gasteiger partial charge in [-0.15, -0.1) is 0 Å². The highest BCUT2D eigenvalue weighted by Gasteiger charge is 1.98. The zero-order chi connectivity index (χ0) is 8.27. The molecule has 0 aromatic heterocycles. The first-order valence-electron chi connectivity index (χ1n) is 3.97. The minimum absolute atomic E-state index is 0.784. The molecular formula is C10H12Cl. The van der Waals surface area contributed by atoms with Crippen molar-refractivity contribution in [1.29, 1.82) is 0 Å². The fraction of sp³-hybridized carbons (Fsp3) is 0.400. The van der Waals surface area contributed by atoms with Crippen molar-refractivity contribution in [3.8, 4) is 0 Å². The van der Waals surface area contributed by atoms with Crippen LogP contribution in [0.25, 0.3) is 0 Å². The minimum Gasteiger partial charge on any atom is -0.0833 e. The third-order valence-electron chi connectivity index (χ3n) is 1.80. The fourth-order valence-corrected chi connectivity index (χ4v) is 1.33. The summed E-state index contributed by atoms with van der Waals surface area (Å²) >= 11 is 5.95. The molecule has 1 heteroatoms. The molecule has 0 amide bonds. The molecule has 0 bridgehead atoms. The first-order chi connectivity index (χ1) is 5.27. The second-order valence-electron chi connectivity index (χ2n) is 2.53. The van der Waals surface area contributed by atoms with Gasteiger partial charge in [0.05, 0.1) is 5.02 Å². The van der Waals surface area contributed by atoms with Gasteiger partial charge in [-0.05, 0) is 24.0 Å². The van der Waals surface area contributed by atoms with E-state index in [9.17, 15) is 0 Å². The average molecular weight is 168 g/mol. The summed E-state index contributed by atoms with van der Waals surface area (Å²) in [6.45, 7) is 4.20. The molecule has 1 aromatic rings. The Labute approximate surface area is 73.2 Å². The molecule has 0 nitrogen and oxygen atoms in total. The van der Waals surface area contributed by atoms with Crippen molar-refractivity contribution in [2.75, 3.05) is 0 Å². The monoisotopic (exact) mass is 167 g/mol. The van der Waals surface area contributed by atoms with Gasteiger partial charge in [-0.3, -0.25) is 0 Å². The topological polar surface area (TPSA) is 0 Å². The summed E-state index contributed by atoms with van der Waals surface area (Å²) in [5.74, 6) is 0. The quantitative estimate of drug-likeness (QED) is 0.635. The van der Waals surface area contributed by atoms with Gasteiger partial charge in [0.1, 0.15) is 0 Å². The van der Waals surface area contributed by atoms with Crippen LogP contribution in [0.15, 0.2) is 12.1 Å². The van der Waals surface area contributed by atoms with Crippen LogP contribution in [0.5, 0.6) is 0 Å². The van der Waals surface area contributed by atoms with Crippen molar-refractivity contribution < 1.29 is 0 Å². The van der Waals surface area contributed by atoms with Crippen molar-refractivity contribution in [1.82, 2.24) is 0 Å². The van der Waals surface area contributed by atoms with Crippen molar-refractivity contribution in [2.45, 2.75) is 26.7 Å². The van der Waals surface area contributed by atoms with Crippen LogP contribution in [0, 0.1) is 6.07 Å². The molecule has 11 heavy (non-hydrogen) atoms. The molecule has 0 saturated heterocycles. The highest BCUT2D eigenvalue weighted by molar-refractivity contribution is 6.31. The number of aryl methyl sites for hydroxylation is 2. The maximum Gasteiger partial charge on any atom is 0.0519 e. The van der Waals surface area contributed by atoms with E-state index in [1.807, 2.05) is 0 Å². The van der Waals surface area contributed by atoms with E-state index in [1.54, 1.807) is 0 Å². The van der Waals surface area contributed by atoms with Crippen molar-refractivity contribution in [3.63, 3.8) is 0 Å². The van der Waals surface area contributed by atoms with E-state index in [0.29, 0.717) is 0 Å². The lowest BCUT2D eigenvalue weighted by Crippen LogP contribution is -1.85. The molecule has 0 unspecified atom stereocenters. The maximum absolute atomic E-state index is 5.95. The second-order valence-corrected chi connectivity index (χ2v) is 2.91. The Bertz CT molecular complexity index is 241. The Balaban J connectivity index is 2.99. The predicted octanol–water partition coefficient (Wildman–Crippen LogP) is 3.26. The predicted molar refractivity (Wildman–Crippen MR) is 49.0 cm³/mol. The van der Waals surface area contributed by atoms with Crippen LogP contribution in [-0.4, -0.2) is 0 Å². The summed E-state index contributed by atoms with van der Waals surface area (Å²) in [4.78, 5) is 0. The van der Waals surface area contributed by atoms with Gasteiger partial charge in [0.25, 0.3) is 0 Å². The van der Waals surface area contributed by atoms with E-state index in [2.05, 4.69) is 32.0 Å². The Morgan fingerprint density at radius 3 is 2.45 bits per heavy atom. The molecule has 59 valence electrons. The van der Waals surface area contributed by atoms with Gasteiger partial charge in [0.2, 0.25) is 0 Å². The van der Waals surface area contributed by atoms with Gasteiger partial charge in [0, 0.05) is 6.07 Å². The molecule has 1 aromatic carbocycles. The van der Waals surface area contributed by atoms with Crippen molar-refractivity contribution in [3.05, 3.63) is 34.3 Å². The third-order valence-corrected chi connectivity index (χ3v) is 2.14. The lowest BCUT2D eigenvalue weighted by Gasteiger charge is -2.01. The summed E-state index contributed by atoms with van der Waals surface area (Å²) in [6, 6.07) is 7.31. The lowest BCUT2D eigenvalue weighted by molar-refractivity contribution is 1.10. The Kier molecular flexibility index (Phi) is 2.95. The zero-order valence-corrected chi connectivity index (χ0v) is 7.70. The van der Waals surface area contributed by atoms with Gasteiger partial charge in [-0.2, -0.15) is 0 Å². The van der Waals surface area contributed by atoms with Crippen LogP contribution in [0.4, 0.5) is 0 Å². The molecule has 0 fully saturated rings. The van der Waals surface area contributed by atoms with Crippen LogP contribution in [0.3, 0.4) is 0 Å². The van der Waals surface area contributed by atoms with E-state index < -0.39 is 0 Å². The van der Waals surface area contributed by atoms with Crippen LogP contribution < -0.4 is 0 Å². The normalized spacial score (nSPS) is 10.1. The Hall–Kier alpha value is -0.490. The molecule has 1 radical (unpaired) electrons. The van der Waals surface area contributed by atoms with Crippen LogP contribution in [-0.2, 0) is 12.8 Å². The first-order valence-corrected chi connectivity index (χ1v) is 4.35. The van der Waals surface area contributed by atoms with E-state index >= 15 is 0 Å². The first kappa shape index (κ1) is 8.61. The fourth-order valence-electron chi connectivity index (χ4n) is 1.02. The smallest absolute Gasteiger partial charge is 0.0519 e. The lowest BCUT2D eigenvalue weighted by atomic mass is 10.1. The summed E-state index contributed by atoms with van der Waals surface area (Å²) in [5.41, 5.74) is 2.37. The zero-order valence-electron chi connectivity index (χ0n) is 6.95. The minimum atomic E-state index is 0.784. The van der Waals surface area contributed by atoms with Gasteiger partial charge < -0.3 is 0 Å². The third kappa shape index (κ3) is 1.97. The highest BCUT2D eigenvalue weighted by atomic mass is 35.5. The van der Waals surface area contributed by atoms with E-state index in [0.717, 1.165) is 17.9 Å². The van der Waals surface area contributed by atoms with Crippen LogP contribution in [0.1, 0.15) is 25.0 Å². The molecule has 0 aliphatic carbocycles. The van der Waals surface area contributed by atoms with Crippen molar-refractivity contribution in [2.24, 2.45) is 0 Å². The molecular weight excluding hydrogens is 156 g/mol. The average Bonchev–Trinajstić information content (AvgIpc) is 2.04. The molecule has 0 aliphatic rings. The molecule has 0 spiro atoms. The number of hydrogen-bond donors (Lipinski definition) is 0. The SMILES string of the molecule is CCc1[c]c(Cl)c(CC)cc1. The van der Waals surface area contributed by atoms with Gasteiger partial charge in [-0.1, -0.05) is 37.6 Å². The molecule has 0 atom stereocenters. The van der Waals surface area contributed by atoms with Crippen LogP contribution >= 0.6 is 11.6 Å². The molecule has 0 saturated carbocycles. The van der Waals surface area contributed by atoms with Gasteiger partial charge in [-0.25, -0.2) is 0 Å². The summed E-state index contributed by atoms with van der Waals surface area (Å²) < 4.78 is 0. The van der Waals surface area contributed by atoms with Gasteiger partial charge in [0.15, 0.2) is 0 Å². The molecule has 0 heterocycles. The van der Waals surface area contributed by atoms with Crippen LogP contribution in [0.2, 0.25) is 5.02 Å². The van der Waals surface area contributed by atoms with E-state index in [4.69, 9.17) is 11.6 Å². The van der Waals surface area contributed by atoms with E-state index in [1.165, 1.54) is 11.1 Å². The second kappa shape index (κ2) is 3.77. The Morgan fingerprint density at radius 2 is 2.00 bits per heavy atom. The number of benzene rings is 1. The standard InChI is InChI=1S/C10H12Cl/c1-3-8-5-6-9(4-2)10(11)7-8/h5-6H,3-4H2,1-2H3.